The van der Waals surface area contributed by atoms with E-state index in [1.807, 2.05) is 44.2 Å². The van der Waals surface area contributed by atoms with Crippen LogP contribution in [-0.2, 0) is 21.4 Å². The van der Waals surface area contributed by atoms with E-state index in [2.05, 4.69) is 4.98 Å². The summed E-state index contributed by atoms with van der Waals surface area (Å²) in [6.07, 6.45) is 4.34. The molecule has 1 saturated heterocycles. The van der Waals surface area contributed by atoms with Gasteiger partial charge in [0.1, 0.15) is 11.3 Å². The zero-order valence-corrected chi connectivity index (χ0v) is 23.0. The molecular formula is C28H30N4O4S2. The van der Waals surface area contributed by atoms with Crippen LogP contribution < -0.4 is 9.64 Å². The zero-order valence-electron chi connectivity index (χ0n) is 21.4. The van der Waals surface area contributed by atoms with E-state index in [1.165, 1.54) is 15.6 Å². The SMILES string of the molecule is CCOc1cccc2sc(N(Cc3cccnc3)C(=O)C3CCN(S(=O)(=O)c4ccc(C)cc4)CC3)nc12. The molecule has 1 fully saturated rings. The molecule has 0 spiro atoms. The predicted molar refractivity (Wildman–Crippen MR) is 149 cm³/mol. The Kier molecular flexibility index (Phi) is 7.73. The minimum atomic E-state index is -3.60. The second-order valence-corrected chi connectivity index (χ2v) is 12.3. The van der Waals surface area contributed by atoms with Crippen molar-refractivity contribution in [2.24, 2.45) is 5.92 Å². The van der Waals surface area contributed by atoms with Crippen molar-refractivity contribution in [3.05, 3.63) is 78.1 Å². The van der Waals surface area contributed by atoms with Gasteiger partial charge in [0, 0.05) is 31.4 Å². The van der Waals surface area contributed by atoms with Gasteiger partial charge < -0.3 is 4.74 Å². The molecule has 1 aliphatic rings. The van der Waals surface area contributed by atoms with Crippen molar-refractivity contribution in [1.29, 1.82) is 0 Å². The molecule has 0 bridgehead atoms. The molecule has 8 nitrogen and oxygen atoms in total. The molecule has 2 aromatic heterocycles. The lowest BCUT2D eigenvalue weighted by Gasteiger charge is -2.33. The topological polar surface area (TPSA) is 92.7 Å². The number of piperidine rings is 1. The first-order chi connectivity index (χ1) is 18.4. The van der Waals surface area contributed by atoms with Gasteiger partial charge in [-0.05, 0) is 62.6 Å². The van der Waals surface area contributed by atoms with Gasteiger partial charge in [-0.1, -0.05) is 41.2 Å². The van der Waals surface area contributed by atoms with E-state index in [-0.39, 0.29) is 16.7 Å². The fourth-order valence-electron chi connectivity index (χ4n) is 4.64. The van der Waals surface area contributed by atoms with E-state index < -0.39 is 10.0 Å². The summed E-state index contributed by atoms with van der Waals surface area (Å²) in [5.41, 5.74) is 2.63. The minimum absolute atomic E-state index is 0.0572. The van der Waals surface area contributed by atoms with Crippen LogP contribution in [0.25, 0.3) is 10.2 Å². The Labute approximate surface area is 227 Å². The number of amides is 1. The molecule has 4 aromatic rings. The van der Waals surface area contributed by atoms with E-state index in [1.54, 1.807) is 41.6 Å². The van der Waals surface area contributed by atoms with E-state index in [0.717, 1.165) is 21.3 Å². The molecule has 38 heavy (non-hydrogen) atoms. The van der Waals surface area contributed by atoms with Crippen molar-refractivity contribution in [3.63, 3.8) is 0 Å². The van der Waals surface area contributed by atoms with Gasteiger partial charge in [-0.25, -0.2) is 13.4 Å². The summed E-state index contributed by atoms with van der Waals surface area (Å²) in [7, 11) is -3.60. The van der Waals surface area contributed by atoms with Gasteiger partial charge in [0.2, 0.25) is 15.9 Å². The number of pyridine rings is 1. The van der Waals surface area contributed by atoms with Crippen LogP contribution >= 0.6 is 11.3 Å². The molecule has 10 heteroatoms. The standard InChI is InChI=1S/C28H30N4O4S2/c1-3-36-24-7-4-8-25-26(24)30-28(37-25)32(19-21-6-5-15-29-18-21)27(33)22-13-16-31(17-14-22)38(34,35)23-11-9-20(2)10-12-23/h4-12,15,18,22H,3,13-14,16-17,19H2,1-2H3. The molecule has 0 N–H and O–H groups in total. The maximum Gasteiger partial charge on any atom is 0.243 e. The maximum atomic E-state index is 13.9. The molecule has 0 saturated carbocycles. The fraction of sp³-hybridized carbons (Fsp3) is 0.321. The van der Waals surface area contributed by atoms with Gasteiger partial charge >= 0.3 is 0 Å². The Morgan fingerprint density at radius 1 is 1.11 bits per heavy atom. The van der Waals surface area contributed by atoms with Crippen molar-refractivity contribution >= 4 is 42.6 Å². The number of sulfonamides is 1. The number of thiazole rings is 1. The first-order valence-electron chi connectivity index (χ1n) is 12.7. The van der Waals surface area contributed by atoms with Crippen molar-refractivity contribution in [1.82, 2.24) is 14.3 Å². The van der Waals surface area contributed by atoms with Gasteiger partial charge in [-0.2, -0.15) is 4.31 Å². The van der Waals surface area contributed by atoms with E-state index in [9.17, 15) is 13.2 Å². The zero-order chi connectivity index (χ0) is 26.7. The van der Waals surface area contributed by atoms with Crippen molar-refractivity contribution in [2.75, 3.05) is 24.6 Å². The summed E-state index contributed by atoms with van der Waals surface area (Å²) in [6, 6.07) is 16.4. The van der Waals surface area contributed by atoms with Crippen molar-refractivity contribution in [3.8, 4) is 5.75 Å². The smallest absolute Gasteiger partial charge is 0.243 e. The third kappa shape index (κ3) is 5.43. The quantitative estimate of drug-likeness (QED) is 0.305. The molecule has 1 amide bonds. The lowest BCUT2D eigenvalue weighted by atomic mass is 9.96. The number of aromatic nitrogens is 2. The normalized spacial score (nSPS) is 15.0. The van der Waals surface area contributed by atoms with Crippen molar-refractivity contribution in [2.45, 2.75) is 38.1 Å². The van der Waals surface area contributed by atoms with Crippen LogP contribution in [0.1, 0.15) is 30.9 Å². The first kappa shape index (κ1) is 26.3. The van der Waals surface area contributed by atoms with Crippen molar-refractivity contribution < 1.29 is 17.9 Å². The van der Waals surface area contributed by atoms with Crippen LogP contribution in [0.15, 0.2) is 71.9 Å². The Morgan fingerprint density at radius 3 is 2.55 bits per heavy atom. The van der Waals surface area contributed by atoms with Gasteiger partial charge in [0.15, 0.2) is 5.13 Å². The van der Waals surface area contributed by atoms with Gasteiger partial charge in [0.25, 0.3) is 0 Å². The number of aryl methyl sites for hydroxylation is 1. The van der Waals surface area contributed by atoms with Crippen LogP contribution in [0.2, 0.25) is 0 Å². The maximum absolute atomic E-state index is 13.9. The molecule has 5 rings (SSSR count). The average molecular weight is 551 g/mol. The number of nitrogens with zero attached hydrogens (tertiary/aromatic N) is 4. The summed E-state index contributed by atoms with van der Waals surface area (Å²) in [5, 5.41) is 0.593. The second kappa shape index (κ2) is 11.2. The Balaban J connectivity index is 1.38. The Morgan fingerprint density at radius 2 is 1.87 bits per heavy atom. The van der Waals surface area contributed by atoms with E-state index in [0.29, 0.717) is 50.0 Å². The molecule has 1 aliphatic heterocycles. The van der Waals surface area contributed by atoms with Gasteiger partial charge in [-0.3, -0.25) is 14.7 Å². The van der Waals surface area contributed by atoms with Gasteiger partial charge in [-0.15, -0.1) is 0 Å². The predicted octanol–water partition coefficient (Wildman–Crippen LogP) is 5.03. The fourth-order valence-corrected chi connectivity index (χ4v) is 7.09. The lowest BCUT2D eigenvalue weighted by molar-refractivity contribution is -0.123. The highest BCUT2D eigenvalue weighted by Gasteiger charge is 2.35. The number of carbonyl (C=O) groups is 1. The molecule has 0 aliphatic carbocycles. The number of para-hydroxylation sites is 1. The summed E-state index contributed by atoms with van der Waals surface area (Å²) in [5.74, 6) is 0.323. The lowest BCUT2D eigenvalue weighted by Crippen LogP contribution is -2.44. The Hall–Kier alpha value is -3.34. The number of ether oxygens (including phenoxy) is 1. The number of fused-ring (bicyclic) bond motifs is 1. The average Bonchev–Trinajstić information content (AvgIpc) is 3.37. The first-order valence-corrected chi connectivity index (χ1v) is 14.9. The third-order valence-corrected chi connectivity index (χ3v) is 9.65. The van der Waals surface area contributed by atoms with Crippen LogP contribution in [0.3, 0.4) is 0 Å². The summed E-state index contributed by atoms with van der Waals surface area (Å²) in [4.78, 5) is 24.9. The van der Waals surface area contributed by atoms with Crippen LogP contribution in [-0.4, -0.2) is 48.3 Å². The van der Waals surface area contributed by atoms with E-state index >= 15 is 0 Å². The highest BCUT2D eigenvalue weighted by atomic mass is 32.2. The highest BCUT2D eigenvalue weighted by molar-refractivity contribution is 7.89. The number of anilines is 1. The molecule has 2 aromatic carbocycles. The molecular weight excluding hydrogens is 520 g/mol. The number of rotatable bonds is 8. The van der Waals surface area contributed by atoms with E-state index in [4.69, 9.17) is 9.72 Å². The summed E-state index contributed by atoms with van der Waals surface area (Å²) < 4.78 is 34.5. The number of hydrogen-bond acceptors (Lipinski definition) is 7. The molecule has 3 heterocycles. The molecule has 0 radical (unpaired) electrons. The molecule has 0 atom stereocenters. The van der Waals surface area contributed by atoms with Crippen LogP contribution in [0, 0.1) is 12.8 Å². The number of benzene rings is 2. The number of hydrogen-bond donors (Lipinski definition) is 0. The number of carbonyl (C=O) groups excluding carboxylic acids is 1. The van der Waals surface area contributed by atoms with Crippen LogP contribution in [0.5, 0.6) is 5.75 Å². The van der Waals surface area contributed by atoms with Gasteiger partial charge in [0.05, 0.1) is 22.7 Å². The van der Waals surface area contributed by atoms with Crippen LogP contribution in [0.4, 0.5) is 5.13 Å². The molecule has 198 valence electrons. The second-order valence-electron chi connectivity index (χ2n) is 9.31. The largest absolute Gasteiger partial charge is 0.492 e. The molecule has 0 unspecified atom stereocenters. The highest BCUT2D eigenvalue weighted by Crippen LogP contribution is 2.36. The minimum Gasteiger partial charge on any atom is -0.492 e. The Bertz CT molecular complexity index is 1510. The third-order valence-electron chi connectivity index (χ3n) is 6.69. The monoisotopic (exact) mass is 550 g/mol. The summed E-state index contributed by atoms with van der Waals surface area (Å²) >= 11 is 1.45. The summed E-state index contributed by atoms with van der Waals surface area (Å²) in [6.45, 7) is 5.29.